The van der Waals surface area contributed by atoms with E-state index in [1.807, 2.05) is 0 Å². The van der Waals surface area contributed by atoms with Crippen LogP contribution in [0.3, 0.4) is 0 Å². The summed E-state index contributed by atoms with van der Waals surface area (Å²) in [6, 6.07) is 1.13. The summed E-state index contributed by atoms with van der Waals surface area (Å²) in [7, 11) is 4.30. The minimum Gasteiger partial charge on any atom is -0.307 e. The first kappa shape index (κ1) is 14.1. The van der Waals surface area contributed by atoms with Crippen LogP contribution in [-0.4, -0.2) is 40.9 Å². The van der Waals surface area contributed by atoms with Crippen molar-refractivity contribution in [1.29, 1.82) is 0 Å². The summed E-state index contributed by atoms with van der Waals surface area (Å²) < 4.78 is 2.06. The fourth-order valence-corrected chi connectivity index (χ4v) is 3.86. The molecule has 0 radical (unpaired) electrons. The van der Waals surface area contributed by atoms with Gasteiger partial charge in [0.1, 0.15) is 0 Å². The summed E-state index contributed by atoms with van der Waals surface area (Å²) in [4.78, 5) is 2.45. The molecule has 2 heterocycles. The first-order valence-electron chi connectivity index (χ1n) is 8.10. The summed E-state index contributed by atoms with van der Waals surface area (Å²) in [6.07, 6.45) is 8.47. The van der Waals surface area contributed by atoms with E-state index < -0.39 is 0 Å². The van der Waals surface area contributed by atoms with E-state index in [0.717, 1.165) is 5.92 Å². The van der Waals surface area contributed by atoms with Crippen molar-refractivity contribution in [2.24, 2.45) is 13.0 Å². The van der Waals surface area contributed by atoms with Crippen LogP contribution in [0.15, 0.2) is 6.20 Å². The molecule has 0 aromatic carbocycles. The van der Waals surface area contributed by atoms with E-state index in [1.165, 1.54) is 56.5 Å². The van der Waals surface area contributed by atoms with Gasteiger partial charge in [0.25, 0.3) is 0 Å². The predicted octanol–water partition coefficient (Wildman–Crippen LogP) is 2.12. The van der Waals surface area contributed by atoms with Gasteiger partial charge in [-0.2, -0.15) is 5.10 Å². The number of hydrogen-bond donors (Lipinski definition) is 1. The van der Waals surface area contributed by atoms with Crippen LogP contribution in [0, 0.1) is 5.92 Å². The monoisotopic (exact) mass is 276 g/mol. The van der Waals surface area contributed by atoms with Crippen molar-refractivity contribution in [3.8, 4) is 0 Å². The van der Waals surface area contributed by atoms with Crippen LogP contribution in [-0.2, 0) is 13.5 Å². The molecule has 1 aromatic rings. The Kier molecular flexibility index (Phi) is 4.13. The Morgan fingerprint density at radius 2 is 2.00 bits per heavy atom. The van der Waals surface area contributed by atoms with Gasteiger partial charge in [-0.3, -0.25) is 4.68 Å². The number of nitrogens with zero attached hydrogens (tertiary/aromatic N) is 3. The number of aryl methyl sites for hydroxylation is 1. The van der Waals surface area contributed by atoms with E-state index in [-0.39, 0.29) is 0 Å². The van der Waals surface area contributed by atoms with Gasteiger partial charge in [0.2, 0.25) is 0 Å². The minimum atomic E-state index is 0.516. The molecule has 1 aliphatic heterocycles. The number of fused-ring (bicyclic) bond motifs is 1. The van der Waals surface area contributed by atoms with E-state index in [9.17, 15) is 0 Å². The molecule has 1 saturated heterocycles. The number of hydrogen-bond acceptors (Lipinski definition) is 3. The summed E-state index contributed by atoms with van der Waals surface area (Å²) in [5, 5.41) is 8.35. The SMILES string of the molecule is CC(NC1CCCc2c1cnn2C)C1CCN(C)CC1. The van der Waals surface area contributed by atoms with Gasteiger partial charge in [-0.1, -0.05) is 0 Å². The molecular formula is C16H28N4. The summed E-state index contributed by atoms with van der Waals surface area (Å²) >= 11 is 0. The largest absolute Gasteiger partial charge is 0.307 e. The zero-order valence-corrected chi connectivity index (χ0v) is 13.1. The molecule has 20 heavy (non-hydrogen) atoms. The quantitative estimate of drug-likeness (QED) is 0.918. The Morgan fingerprint density at radius 1 is 1.25 bits per heavy atom. The summed E-state index contributed by atoms with van der Waals surface area (Å²) in [6.45, 7) is 4.87. The molecule has 2 atom stereocenters. The highest BCUT2D eigenvalue weighted by atomic mass is 15.3. The van der Waals surface area contributed by atoms with Gasteiger partial charge in [0, 0.05) is 30.4 Å². The Morgan fingerprint density at radius 3 is 2.75 bits per heavy atom. The molecule has 1 aromatic heterocycles. The minimum absolute atomic E-state index is 0.516. The molecule has 0 saturated carbocycles. The molecule has 3 rings (SSSR count). The molecule has 2 aliphatic rings. The van der Waals surface area contributed by atoms with Crippen molar-refractivity contribution in [2.45, 2.75) is 51.1 Å². The van der Waals surface area contributed by atoms with Crippen molar-refractivity contribution in [1.82, 2.24) is 20.0 Å². The second-order valence-corrected chi connectivity index (χ2v) is 6.71. The van der Waals surface area contributed by atoms with Crippen LogP contribution in [0.5, 0.6) is 0 Å². The number of piperidine rings is 1. The van der Waals surface area contributed by atoms with Crippen LogP contribution in [0.4, 0.5) is 0 Å². The molecule has 112 valence electrons. The second kappa shape index (κ2) is 5.86. The van der Waals surface area contributed by atoms with Crippen LogP contribution >= 0.6 is 0 Å². The summed E-state index contributed by atoms with van der Waals surface area (Å²) in [5.74, 6) is 0.827. The van der Waals surface area contributed by atoms with Gasteiger partial charge >= 0.3 is 0 Å². The van der Waals surface area contributed by atoms with Gasteiger partial charge < -0.3 is 10.2 Å². The molecular weight excluding hydrogens is 248 g/mol. The molecule has 0 amide bonds. The fourth-order valence-electron chi connectivity index (χ4n) is 3.86. The van der Waals surface area contributed by atoms with Gasteiger partial charge in [-0.15, -0.1) is 0 Å². The lowest BCUT2D eigenvalue weighted by atomic mass is 9.87. The van der Waals surface area contributed by atoms with Crippen LogP contribution in [0.25, 0.3) is 0 Å². The standard InChI is InChI=1S/C16H28N4/c1-12(13-7-9-19(2)10-8-13)18-15-5-4-6-16-14(15)11-17-20(16)3/h11-13,15,18H,4-10H2,1-3H3. The average molecular weight is 276 g/mol. The van der Waals surface area contributed by atoms with Crippen molar-refractivity contribution in [3.63, 3.8) is 0 Å². The van der Waals surface area contributed by atoms with E-state index in [2.05, 4.69) is 47.2 Å². The van der Waals surface area contributed by atoms with E-state index in [1.54, 1.807) is 0 Å². The molecule has 4 heteroatoms. The third-order valence-corrected chi connectivity index (χ3v) is 5.31. The molecule has 1 fully saturated rings. The van der Waals surface area contributed by atoms with Crippen LogP contribution < -0.4 is 5.32 Å². The Balaban J connectivity index is 1.63. The lowest BCUT2D eigenvalue weighted by Gasteiger charge is -2.36. The first-order chi connectivity index (χ1) is 9.65. The van der Waals surface area contributed by atoms with Gasteiger partial charge in [0.15, 0.2) is 0 Å². The predicted molar refractivity (Wildman–Crippen MR) is 81.7 cm³/mol. The molecule has 0 bridgehead atoms. The molecule has 1 aliphatic carbocycles. The highest BCUT2D eigenvalue weighted by molar-refractivity contribution is 5.24. The van der Waals surface area contributed by atoms with Crippen molar-refractivity contribution < 1.29 is 0 Å². The third-order valence-electron chi connectivity index (χ3n) is 5.31. The van der Waals surface area contributed by atoms with Crippen LogP contribution in [0.1, 0.15) is 49.9 Å². The fraction of sp³-hybridized carbons (Fsp3) is 0.812. The summed E-state index contributed by atoms with van der Waals surface area (Å²) in [5.41, 5.74) is 2.88. The zero-order chi connectivity index (χ0) is 14.1. The maximum absolute atomic E-state index is 4.45. The zero-order valence-electron chi connectivity index (χ0n) is 13.1. The van der Waals surface area contributed by atoms with Crippen LogP contribution in [0.2, 0.25) is 0 Å². The topological polar surface area (TPSA) is 33.1 Å². The Hall–Kier alpha value is -0.870. The number of aromatic nitrogens is 2. The first-order valence-corrected chi connectivity index (χ1v) is 8.10. The maximum Gasteiger partial charge on any atom is 0.0540 e. The van der Waals surface area contributed by atoms with Gasteiger partial charge in [-0.05, 0) is 65.1 Å². The highest BCUT2D eigenvalue weighted by Gasteiger charge is 2.28. The molecule has 1 N–H and O–H groups in total. The van der Waals surface area contributed by atoms with E-state index in [4.69, 9.17) is 0 Å². The highest BCUT2D eigenvalue weighted by Crippen LogP contribution is 2.31. The molecule has 4 nitrogen and oxygen atoms in total. The van der Waals surface area contributed by atoms with Gasteiger partial charge in [-0.25, -0.2) is 0 Å². The average Bonchev–Trinajstić information content (AvgIpc) is 2.82. The van der Waals surface area contributed by atoms with Crippen molar-refractivity contribution in [3.05, 3.63) is 17.5 Å². The number of likely N-dealkylation sites (tertiary alicyclic amines) is 1. The van der Waals surface area contributed by atoms with Crippen molar-refractivity contribution >= 4 is 0 Å². The van der Waals surface area contributed by atoms with Crippen molar-refractivity contribution in [2.75, 3.05) is 20.1 Å². The lowest BCUT2D eigenvalue weighted by molar-refractivity contribution is 0.181. The Bertz CT molecular complexity index is 445. The van der Waals surface area contributed by atoms with E-state index >= 15 is 0 Å². The number of rotatable bonds is 3. The van der Waals surface area contributed by atoms with E-state index in [0.29, 0.717) is 12.1 Å². The smallest absolute Gasteiger partial charge is 0.0540 e. The second-order valence-electron chi connectivity index (χ2n) is 6.71. The molecule has 0 spiro atoms. The Labute approximate surface area is 122 Å². The number of nitrogens with one attached hydrogen (secondary N) is 1. The normalized spacial score (nSPS) is 26.4. The molecule has 2 unspecified atom stereocenters. The van der Waals surface area contributed by atoms with Gasteiger partial charge in [0.05, 0.1) is 6.20 Å². The third kappa shape index (κ3) is 2.77. The lowest BCUT2D eigenvalue weighted by Crippen LogP contribution is -2.42. The maximum atomic E-state index is 4.45.